The molecule has 1 aromatic rings. The van der Waals surface area contributed by atoms with E-state index in [1.54, 1.807) is 0 Å². The van der Waals surface area contributed by atoms with Crippen molar-refractivity contribution in [3.8, 4) is 0 Å². The Bertz CT molecular complexity index is 423. The van der Waals surface area contributed by atoms with Crippen molar-refractivity contribution in [3.63, 3.8) is 0 Å². The van der Waals surface area contributed by atoms with E-state index in [4.69, 9.17) is 10.5 Å². The predicted octanol–water partition coefficient (Wildman–Crippen LogP) is 2.94. The fraction of sp³-hybridized carbons (Fsp3) is 0.643. The smallest absolute Gasteiger partial charge is 0.0686 e. The van der Waals surface area contributed by atoms with Crippen molar-refractivity contribution in [2.45, 2.75) is 31.9 Å². The summed E-state index contributed by atoms with van der Waals surface area (Å²) in [6.07, 6.45) is 5.40. The number of hydrogen-bond donors (Lipinski definition) is 1. The highest BCUT2D eigenvalue weighted by atomic mass is 79.9. The summed E-state index contributed by atoms with van der Waals surface area (Å²) in [5.41, 5.74) is 6.57. The molecule has 0 atom stereocenters. The molecule has 1 aliphatic heterocycles. The molecule has 0 amide bonds. The quantitative estimate of drug-likeness (QED) is 0.738. The van der Waals surface area contributed by atoms with Gasteiger partial charge in [0.05, 0.1) is 11.8 Å². The summed E-state index contributed by atoms with van der Waals surface area (Å²) >= 11 is 7.00. The van der Waals surface area contributed by atoms with Gasteiger partial charge in [-0.1, -0.05) is 0 Å². The van der Waals surface area contributed by atoms with Crippen LogP contribution in [-0.4, -0.2) is 42.2 Å². The van der Waals surface area contributed by atoms with E-state index in [2.05, 4.69) is 41.7 Å². The Morgan fingerprint density at radius 1 is 1.35 bits per heavy atom. The van der Waals surface area contributed by atoms with E-state index < -0.39 is 0 Å². The Hall–Kier alpha value is -0.0100. The molecule has 0 spiro atoms. The highest BCUT2D eigenvalue weighted by molar-refractivity contribution is 9.11. The molecule has 0 radical (unpaired) electrons. The third kappa shape index (κ3) is 5.07. The number of pyridine rings is 1. The van der Waals surface area contributed by atoms with Crippen LogP contribution in [0.25, 0.3) is 0 Å². The van der Waals surface area contributed by atoms with Gasteiger partial charge in [-0.25, -0.2) is 0 Å². The summed E-state index contributed by atoms with van der Waals surface area (Å²) in [5, 5.41) is 0. The minimum absolute atomic E-state index is 0.402. The molecule has 4 nitrogen and oxygen atoms in total. The minimum Gasteiger partial charge on any atom is -0.378 e. The van der Waals surface area contributed by atoms with Crippen molar-refractivity contribution in [2.24, 2.45) is 5.73 Å². The van der Waals surface area contributed by atoms with Crippen molar-refractivity contribution in [2.75, 3.05) is 26.2 Å². The molecule has 0 bridgehead atoms. The molecule has 0 saturated carbocycles. The first kappa shape index (κ1) is 16.4. The van der Waals surface area contributed by atoms with Gasteiger partial charge >= 0.3 is 0 Å². The maximum Gasteiger partial charge on any atom is 0.0686 e. The molecule has 20 heavy (non-hydrogen) atoms. The monoisotopic (exact) mass is 405 g/mol. The zero-order valence-corrected chi connectivity index (χ0v) is 14.7. The molecule has 0 aliphatic carbocycles. The summed E-state index contributed by atoms with van der Waals surface area (Å²) in [6.45, 7) is 4.53. The summed E-state index contributed by atoms with van der Waals surface area (Å²) < 4.78 is 7.89. The predicted molar refractivity (Wildman–Crippen MR) is 87.6 cm³/mol. The van der Waals surface area contributed by atoms with Gasteiger partial charge in [-0.15, -0.1) is 0 Å². The molecule has 1 saturated heterocycles. The highest BCUT2D eigenvalue weighted by Crippen LogP contribution is 2.22. The molecular formula is C14H21Br2N3O. The lowest BCUT2D eigenvalue weighted by Gasteiger charge is -2.31. The van der Waals surface area contributed by atoms with Crippen molar-refractivity contribution < 1.29 is 4.74 Å². The van der Waals surface area contributed by atoms with E-state index in [1.165, 1.54) is 0 Å². The fourth-order valence-corrected chi connectivity index (χ4v) is 3.45. The number of likely N-dealkylation sites (tertiary alicyclic amines) is 1. The molecule has 6 heteroatoms. The third-order valence-electron chi connectivity index (χ3n) is 3.49. The van der Waals surface area contributed by atoms with Gasteiger partial charge in [0.15, 0.2) is 0 Å². The molecule has 112 valence electrons. The standard InChI is InChI=1S/C14H21Br2N3O/c15-11-8-13(16)14(18-9-11)10-19-5-2-12(3-6-19)20-7-1-4-17/h8-9,12H,1-7,10,17H2. The van der Waals surface area contributed by atoms with Crippen molar-refractivity contribution >= 4 is 31.9 Å². The van der Waals surface area contributed by atoms with Crippen molar-refractivity contribution in [1.29, 1.82) is 0 Å². The lowest BCUT2D eigenvalue weighted by Crippen LogP contribution is -2.37. The fourth-order valence-electron chi connectivity index (χ4n) is 2.34. The van der Waals surface area contributed by atoms with Crippen LogP contribution in [0, 0.1) is 0 Å². The maximum absolute atomic E-state index is 5.82. The topological polar surface area (TPSA) is 51.4 Å². The second-order valence-electron chi connectivity index (χ2n) is 5.07. The molecular weight excluding hydrogens is 386 g/mol. The summed E-state index contributed by atoms with van der Waals surface area (Å²) in [4.78, 5) is 6.91. The van der Waals surface area contributed by atoms with Crippen LogP contribution in [0.1, 0.15) is 25.0 Å². The second-order valence-corrected chi connectivity index (χ2v) is 6.84. The van der Waals surface area contributed by atoms with Crippen molar-refractivity contribution in [1.82, 2.24) is 9.88 Å². The van der Waals surface area contributed by atoms with E-state index >= 15 is 0 Å². The Kier molecular flexibility index (Phi) is 6.90. The van der Waals surface area contributed by atoms with Crippen LogP contribution in [0.15, 0.2) is 21.2 Å². The SMILES string of the molecule is NCCCOC1CCN(Cc2ncc(Br)cc2Br)CC1. The van der Waals surface area contributed by atoms with E-state index in [1.807, 2.05) is 12.3 Å². The van der Waals surface area contributed by atoms with Gasteiger partial charge in [-0.3, -0.25) is 9.88 Å². The van der Waals surface area contributed by atoms with Crippen LogP contribution in [0.3, 0.4) is 0 Å². The first-order valence-electron chi connectivity index (χ1n) is 7.03. The number of hydrogen-bond acceptors (Lipinski definition) is 4. The van der Waals surface area contributed by atoms with Gasteiger partial charge in [0.1, 0.15) is 0 Å². The molecule has 1 fully saturated rings. The average Bonchev–Trinajstić information content (AvgIpc) is 2.44. The number of rotatable bonds is 6. The number of nitrogens with two attached hydrogens (primary N) is 1. The summed E-state index contributed by atoms with van der Waals surface area (Å²) in [5.74, 6) is 0. The minimum atomic E-state index is 0.402. The van der Waals surface area contributed by atoms with Gasteiger partial charge in [-0.2, -0.15) is 0 Å². The van der Waals surface area contributed by atoms with E-state index in [0.717, 1.165) is 60.1 Å². The molecule has 0 aromatic carbocycles. The van der Waals surface area contributed by atoms with Crippen molar-refractivity contribution in [3.05, 3.63) is 26.9 Å². The Morgan fingerprint density at radius 3 is 2.75 bits per heavy atom. The van der Waals surface area contributed by atoms with Gasteiger partial charge in [0.25, 0.3) is 0 Å². The maximum atomic E-state index is 5.82. The number of piperidine rings is 1. The summed E-state index contributed by atoms with van der Waals surface area (Å²) in [6, 6.07) is 2.05. The average molecular weight is 407 g/mol. The van der Waals surface area contributed by atoms with Gasteiger partial charge in [-0.05, 0) is 63.7 Å². The largest absolute Gasteiger partial charge is 0.378 e. The first-order valence-corrected chi connectivity index (χ1v) is 8.61. The van der Waals surface area contributed by atoms with E-state index in [9.17, 15) is 0 Å². The van der Waals surface area contributed by atoms with Crippen LogP contribution in [-0.2, 0) is 11.3 Å². The van der Waals surface area contributed by atoms with E-state index in [0.29, 0.717) is 12.6 Å². The first-order chi connectivity index (χ1) is 9.69. The van der Waals surface area contributed by atoms with Crippen LogP contribution >= 0.6 is 31.9 Å². The van der Waals surface area contributed by atoms with Gasteiger partial charge in [0.2, 0.25) is 0 Å². The number of aromatic nitrogens is 1. The number of nitrogens with zero attached hydrogens (tertiary/aromatic N) is 2. The Balaban J connectivity index is 1.76. The molecule has 1 aliphatic rings. The van der Waals surface area contributed by atoms with E-state index in [-0.39, 0.29) is 0 Å². The Labute approximate surface area is 137 Å². The van der Waals surface area contributed by atoms with Gasteiger partial charge < -0.3 is 10.5 Å². The third-order valence-corrected chi connectivity index (χ3v) is 4.61. The molecule has 1 aromatic heterocycles. The molecule has 2 heterocycles. The van der Waals surface area contributed by atoms with Crippen LogP contribution in [0.5, 0.6) is 0 Å². The lowest BCUT2D eigenvalue weighted by atomic mass is 10.1. The second kappa shape index (κ2) is 8.44. The van der Waals surface area contributed by atoms with Crippen LogP contribution in [0.2, 0.25) is 0 Å². The zero-order chi connectivity index (χ0) is 14.4. The molecule has 0 unspecified atom stereocenters. The van der Waals surface area contributed by atoms with Crippen LogP contribution in [0.4, 0.5) is 0 Å². The molecule has 2 rings (SSSR count). The normalized spacial score (nSPS) is 17.6. The summed E-state index contributed by atoms with van der Waals surface area (Å²) in [7, 11) is 0. The Morgan fingerprint density at radius 2 is 2.10 bits per heavy atom. The zero-order valence-electron chi connectivity index (χ0n) is 11.5. The lowest BCUT2D eigenvalue weighted by molar-refractivity contribution is 0.00536. The van der Waals surface area contributed by atoms with Gasteiger partial charge in [0, 0.05) is 41.4 Å². The number of halogens is 2. The van der Waals surface area contributed by atoms with Crippen LogP contribution < -0.4 is 5.73 Å². The molecule has 2 N–H and O–H groups in total. The highest BCUT2D eigenvalue weighted by Gasteiger charge is 2.20. The number of ether oxygens (including phenoxy) is 1.